The van der Waals surface area contributed by atoms with E-state index in [1.54, 1.807) is 11.3 Å². The molecule has 1 fully saturated rings. The van der Waals surface area contributed by atoms with Crippen LogP contribution in [-0.4, -0.2) is 28.9 Å². The Kier molecular flexibility index (Phi) is 4.04. The van der Waals surface area contributed by atoms with Gasteiger partial charge in [0.1, 0.15) is 10.8 Å². The van der Waals surface area contributed by atoms with Gasteiger partial charge in [-0.2, -0.15) is 0 Å². The lowest BCUT2D eigenvalue weighted by molar-refractivity contribution is -0.137. The Hall–Kier alpha value is -1.88. The van der Waals surface area contributed by atoms with Crippen LogP contribution >= 0.6 is 11.3 Å². The van der Waals surface area contributed by atoms with E-state index in [-0.39, 0.29) is 17.9 Å². The van der Waals surface area contributed by atoms with E-state index >= 15 is 0 Å². The van der Waals surface area contributed by atoms with Crippen LogP contribution in [0.2, 0.25) is 0 Å². The molecule has 23 heavy (non-hydrogen) atoms. The number of rotatable bonds is 2. The highest BCUT2D eigenvalue weighted by Gasteiger charge is 2.36. The first kappa shape index (κ1) is 14.7. The number of amides is 1. The average Bonchev–Trinajstić information content (AvgIpc) is 3.15. The first-order valence-electron chi connectivity index (χ1n) is 8.26. The van der Waals surface area contributed by atoms with E-state index in [0.717, 1.165) is 42.1 Å². The quantitative estimate of drug-likeness (QED) is 0.843. The van der Waals surface area contributed by atoms with E-state index in [1.165, 1.54) is 6.42 Å². The predicted octanol–water partition coefficient (Wildman–Crippen LogP) is 3.76. The molecule has 2 aliphatic heterocycles. The molecule has 0 N–H and O–H groups in total. The lowest BCUT2D eigenvalue weighted by Crippen LogP contribution is -2.42. The zero-order valence-electron chi connectivity index (χ0n) is 13.0. The molecular formula is C18H20N2O2S. The summed E-state index contributed by atoms with van der Waals surface area (Å²) in [4.78, 5) is 19.8. The van der Waals surface area contributed by atoms with E-state index in [0.29, 0.717) is 6.61 Å². The summed E-state index contributed by atoms with van der Waals surface area (Å²) < 4.78 is 5.71. The van der Waals surface area contributed by atoms with Crippen molar-refractivity contribution in [2.24, 2.45) is 0 Å². The summed E-state index contributed by atoms with van der Waals surface area (Å²) >= 11 is 1.65. The molecule has 1 aromatic carbocycles. The number of hydrogen-bond donors (Lipinski definition) is 0. The second-order valence-electron chi connectivity index (χ2n) is 6.14. The molecule has 0 spiro atoms. The van der Waals surface area contributed by atoms with Crippen LogP contribution in [0.25, 0.3) is 0 Å². The number of carbonyl (C=O) groups excluding carboxylic acids is 1. The van der Waals surface area contributed by atoms with Crippen LogP contribution in [0, 0.1) is 0 Å². The third-order valence-electron chi connectivity index (χ3n) is 4.78. The third-order valence-corrected chi connectivity index (χ3v) is 5.66. The summed E-state index contributed by atoms with van der Waals surface area (Å²) in [6, 6.07) is 8.09. The number of carbonyl (C=O) groups is 1. The van der Waals surface area contributed by atoms with Crippen LogP contribution in [0.1, 0.15) is 48.2 Å². The second-order valence-corrected chi connectivity index (χ2v) is 7.07. The third kappa shape index (κ3) is 2.74. The number of fused-ring (bicyclic) bond motifs is 1. The van der Waals surface area contributed by atoms with E-state index in [9.17, 15) is 4.79 Å². The zero-order valence-corrected chi connectivity index (χ0v) is 13.8. The molecule has 1 saturated heterocycles. The van der Waals surface area contributed by atoms with Crippen LogP contribution < -0.4 is 4.74 Å². The molecule has 2 aliphatic rings. The van der Waals surface area contributed by atoms with Gasteiger partial charge in [-0.15, -0.1) is 11.3 Å². The monoisotopic (exact) mass is 328 g/mol. The maximum atomic E-state index is 13.3. The van der Waals surface area contributed by atoms with Gasteiger partial charge in [-0.25, -0.2) is 4.98 Å². The number of nitrogens with zero attached hydrogens (tertiary/aromatic N) is 2. The van der Waals surface area contributed by atoms with Gasteiger partial charge in [0, 0.05) is 23.7 Å². The van der Waals surface area contributed by atoms with E-state index in [2.05, 4.69) is 9.88 Å². The van der Waals surface area contributed by atoms with Gasteiger partial charge in [-0.3, -0.25) is 4.79 Å². The molecule has 1 amide bonds. The van der Waals surface area contributed by atoms with E-state index < -0.39 is 0 Å². The highest BCUT2D eigenvalue weighted by atomic mass is 32.1. The zero-order chi connectivity index (χ0) is 15.6. The van der Waals surface area contributed by atoms with Gasteiger partial charge in [0.25, 0.3) is 0 Å². The van der Waals surface area contributed by atoms with Crippen molar-refractivity contribution in [2.75, 3.05) is 13.2 Å². The lowest BCUT2D eigenvalue weighted by atomic mass is 9.90. The van der Waals surface area contributed by atoms with Crippen LogP contribution in [0.4, 0.5) is 0 Å². The number of ether oxygens (including phenoxy) is 1. The van der Waals surface area contributed by atoms with Crippen molar-refractivity contribution in [2.45, 2.75) is 37.6 Å². The largest absolute Gasteiger partial charge is 0.493 e. The van der Waals surface area contributed by atoms with Gasteiger partial charge in [0.05, 0.1) is 18.6 Å². The minimum absolute atomic E-state index is 0.0829. The fourth-order valence-corrected chi connectivity index (χ4v) is 4.43. The summed E-state index contributed by atoms with van der Waals surface area (Å²) in [7, 11) is 0. The van der Waals surface area contributed by atoms with Gasteiger partial charge >= 0.3 is 0 Å². The molecule has 0 unspecified atom stereocenters. The number of thiazole rings is 1. The van der Waals surface area contributed by atoms with Gasteiger partial charge < -0.3 is 9.64 Å². The molecule has 2 aromatic rings. The summed E-state index contributed by atoms with van der Waals surface area (Å²) in [5.41, 5.74) is 1.03. The minimum Gasteiger partial charge on any atom is -0.493 e. The van der Waals surface area contributed by atoms with Gasteiger partial charge in [0.15, 0.2) is 0 Å². The predicted molar refractivity (Wildman–Crippen MR) is 89.7 cm³/mol. The molecule has 1 aromatic heterocycles. The minimum atomic E-state index is -0.0829. The number of para-hydroxylation sites is 1. The molecule has 4 nitrogen and oxygen atoms in total. The Morgan fingerprint density at radius 1 is 1.26 bits per heavy atom. The molecule has 5 heteroatoms. The molecule has 4 rings (SSSR count). The topological polar surface area (TPSA) is 42.4 Å². The Morgan fingerprint density at radius 3 is 3.04 bits per heavy atom. The summed E-state index contributed by atoms with van der Waals surface area (Å²) in [6.07, 6.45) is 5.86. The van der Waals surface area contributed by atoms with Crippen LogP contribution in [-0.2, 0) is 4.79 Å². The Balaban J connectivity index is 1.63. The molecule has 3 heterocycles. The first-order valence-corrected chi connectivity index (χ1v) is 9.14. The van der Waals surface area contributed by atoms with E-state index in [4.69, 9.17) is 4.74 Å². The fraction of sp³-hybridized carbons (Fsp3) is 0.444. The summed E-state index contributed by atoms with van der Waals surface area (Å²) in [5.74, 6) is 1.01. The van der Waals surface area contributed by atoms with Crippen molar-refractivity contribution in [1.29, 1.82) is 0 Å². The molecule has 0 bridgehead atoms. The van der Waals surface area contributed by atoms with Crippen molar-refractivity contribution in [1.82, 2.24) is 9.88 Å². The van der Waals surface area contributed by atoms with Gasteiger partial charge in [0.2, 0.25) is 5.91 Å². The molecule has 2 atom stereocenters. The number of likely N-dealkylation sites (tertiary alicyclic amines) is 1. The number of benzene rings is 1. The van der Waals surface area contributed by atoms with Crippen LogP contribution in [0.3, 0.4) is 0 Å². The van der Waals surface area contributed by atoms with Crippen molar-refractivity contribution in [3.05, 3.63) is 46.4 Å². The highest BCUT2D eigenvalue weighted by molar-refractivity contribution is 7.09. The second kappa shape index (κ2) is 6.32. The van der Waals surface area contributed by atoms with Gasteiger partial charge in [-0.1, -0.05) is 18.2 Å². The highest BCUT2D eigenvalue weighted by Crippen LogP contribution is 2.39. The smallest absolute Gasteiger partial charge is 0.230 e. The molecule has 120 valence electrons. The standard InChI is InChI=1S/C18H20N2O2S/c21-18(14-8-11-22-16-7-2-1-5-13(14)16)20-10-4-3-6-15(20)17-19-9-12-23-17/h1-2,5,7,9,12,14-15H,3-4,6,8,10-11H2/t14-,15-/m0/s1. The molecule has 0 saturated carbocycles. The lowest BCUT2D eigenvalue weighted by Gasteiger charge is -2.38. The number of aromatic nitrogens is 1. The first-order chi connectivity index (χ1) is 11.3. The SMILES string of the molecule is O=C([C@H]1CCOc2ccccc21)N1CCCC[C@H]1c1nccs1. The van der Waals surface area contributed by atoms with Crippen LogP contribution in [0.15, 0.2) is 35.8 Å². The normalized spacial score (nSPS) is 23.9. The van der Waals surface area contributed by atoms with Crippen molar-refractivity contribution in [3.8, 4) is 5.75 Å². The Morgan fingerprint density at radius 2 is 2.17 bits per heavy atom. The Bertz CT molecular complexity index is 686. The van der Waals surface area contributed by atoms with E-state index in [1.807, 2.05) is 35.8 Å². The molecule has 0 aliphatic carbocycles. The maximum absolute atomic E-state index is 13.3. The average molecular weight is 328 g/mol. The van der Waals surface area contributed by atoms with Crippen LogP contribution in [0.5, 0.6) is 5.75 Å². The summed E-state index contributed by atoms with van der Waals surface area (Å²) in [6.45, 7) is 1.45. The Labute approximate surface area is 140 Å². The fourth-order valence-electron chi connectivity index (χ4n) is 3.65. The van der Waals surface area contributed by atoms with Crippen molar-refractivity contribution < 1.29 is 9.53 Å². The van der Waals surface area contributed by atoms with Crippen molar-refractivity contribution >= 4 is 17.2 Å². The van der Waals surface area contributed by atoms with Crippen molar-refractivity contribution in [3.63, 3.8) is 0 Å². The number of hydrogen-bond acceptors (Lipinski definition) is 4. The summed E-state index contributed by atoms with van der Waals surface area (Å²) in [5, 5.41) is 3.06. The number of piperidine rings is 1. The van der Waals surface area contributed by atoms with Gasteiger partial charge in [-0.05, 0) is 31.7 Å². The molecule has 0 radical (unpaired) electrons. The maximum Gasteiger partial charge on any atom is 0.230 e. The molecular weight excluding hydrogens is 308 g/mol.